The molecule has 3 aromatic rings. The Morgan fingerprint density at radius 2 is 2.14 bits per heavy atom. The van der Waals surface area contributed by atoms with Gasteiger partial charge in [0.1, 0.15) is 10.7 Å². The summed E-state index contributed by atoms with van der Waals surface area (Å²) in [4.78, 5) is 13.3. The smallest absolute Gasteiger partial charge is 0.222 e. The van der Waals surface area contributed by atoms with Crippen LogP contribution in [0.25, 0.3) is 11.3 Å². The predicted molar refractivity (Wildman–Crippen MR) is 115 cm³/mol. The predicted octanol–water partition coefficient (Wildman–Crippen LogP) is 4.43. The van der Waals surface area contributed by atoms with Crippen LogP contribution in [0.2, 0.25) is 0 Å². The fourth-order valence-electron chi connectivity index (χ4n) is 2.74. The molecule has 0 atom stereocenters. The molecule has 0 aliphatic heterocycles. The summed E-state index contributed by atoms with van der Waals surface area (Å²) in [6.45, 7) is 7.15. The van der Waals surface area contributed by atoms with Crippen molar-refractivity contribution in [1.29, 1.82) is 5.41 Å². The molecule has 0 saturated heterocycles. The molecule has 8 heteroatoms. The second-order valence-corrected chi connectivity index (χ2v) is 7.31. The first-order valence-corrected chi connectivity index (χ1v) is 10.0. The van der Waals surface area contributed by atoms with Gasteiger partial charge in [-0.3, -0.25) is 0 Å². The number of pyridine rings is 2. The van der Waals surface area contributed by atoms with E-state index in [0.29, 0.717) is 30.4 Å². The average molecular weight is 397 g/mol. The Labute approximate surface area is 168 Å². The molecule has 0 unspecified atom stereocenters. The van der Waals surface area contributed by atoms with Gasteiger partial charge in [0.05, 0.1) is 35.8 Å². The molecular weight excluding hydrogens is 372 g/mol. The van der Waals surface area contributed by atoms with Crippen molar-refractivity contribution >= 4 is 28.9 Å². The number of nitrogens with zero attached hydrogens (tertiary/aromatic N) is 3. The van der Waals surface area contributed by atoms with Gasteiger partial charge in [0.15, 0.2) is 0 Å². The molecule has 0 radical (unpaired) electrons. The van der Waals surface area contributed by atoms with Crippen LogP contribution in [0, 0.1) is 5.41 Å². The van der Waals surface area contributed by atoms with Gasteiger partial charge in [0.2, 0.25) is 5.88 Å². The summed E-state index contributed by atoms with van der Waals surface area (Å²) in [5, 5.41) is 17.7. The van der Waals surface area contributed by atoms with Gasteiger partial charge in [-0.15, -0.1) is 11.3 Å². The first-order chi connectivity index (χ1) is 13.6. The second-order valence-electron chi connectivity index (χ2n) is 6.33. The van der Waals surface area contributed by atoms with E-state index in [-0.39, 0.29) is 6.04 Å². The Bertz CT molecular complexity index is 926. The van der Waals surface area contributed by atoms with Crippen molar-refractivity contribution in [2.45, 2.75) is 33.4 Å². The van der Waals surface area contributed by atoms with Crippen molar-refractivity contribution < 1.29 is 4.74 Å². The van der Waals surface area contributed by atoms with E-state index in [2.05, 4.69) is 39.4 Å². The van der Waals surface area contributed by atoms with Crippen LogP contribution in [-0.2, 0) is 6.54 Å². The molecule has 3 heterocycles. The fourth-order valence-corrected chi connectivity index (χ4v) is 3.29. The summed E-state index contributed by atoms with van der Waals surface area (Å²) in [5.41, 5.74) is 3.71. The number of ether oxygens (including phenoxy) is 1. The number of thiazole rings is 1. The Balaban J connectivity index is 2.06. The highest BCUT2D eigenvalue weighted by molar-refractivity contribution is 7.09. The third-order valence-electron chi connectivity index (χ3n) is 3.86. The first-order valence-electron chi connectivity index (χ1n) is 9.14. The van der Waals surface area contributed by atoms with E-state index in [4.69, 9.17) is 10.1 Å². The van der Waals surface area contributed by atoms with E-state index in [1.165, 1.54) is 6.21 Å². The largest absolute Gasteiger partial charge is 0.477 e. The minimum absolute atomic E-state index is 0.198. The van der Waals surface area contributed by atoms with Crippen molar-refractivity contribution in [2.24, 2.45) is 0 Å². The third-order valence-corrected chi connectivity index (χ3v) is 4.64. The van der Waals surface area contributed by atoms with Crippen LogP contribution in [0.5, 0.6) is 5.88 Å². The van der Waals surface area contributed by atoms with E-state index in [1.807, 2.05) is 30.5 Å². The van der Waals surface area contributed by atoms with Gasteiger partial charge in [-0.25, -0.2) is 15.0 Å². The van der Waals surface area contributed by atoms with E-state index in [1.54, 1.807) is 23.7 Å². The van der Waals surface area contributed by atoms with Crippen LogP contribution in [0.3, 0.4) is 0 Å². The van der Waals surface area contributed by atoms with E-state index < -0.39 is 0 Å². The topological polar surface area (TPSA) is 95.8 Å². The molecule has 0 aliphatic rings. The zero-order valence-electron chi connectivity index (χ0n) is 16.2. The van der Waals surface area contributed by atoms with Crippen LogP contribution in [0.15, 0.2) is 36.0 Å². The Hall–Kier alpha value is -3.00. The average Bonchev–Trinajstić information content (AvgIpc) is 3.21. The summed E-state index contributed by atoms with van der Waals surface area (Å²) in [5.74, 6) is 0.531. The van der Waals surface area contributed by atoms with E-state index in [0.717, 1.165) is 21.9 Å². The summed E-state index contributed by atoms with van der Waals surface area (Å²) < 4.78 is 5.67. The van der Waals surface area contributed by atoms with Crippen molar-refractivity contribution in [3.8, 4) is 17.1 Å². The lowest BCUT2D eigenvalue weighted by Crippen LogP contribution is -2.15. The summed E-state index contributed by atoms with van der Waals surface area (Å²) >= 11 is 1.60. The van der Waals surface area contributed by atoms with Gasteiger partial charge in [-0.2, -0.15) is 0 Å². The van der Waals surface area contributed by atoms with E-state index >= 15 is 0 Å². The maximum atomic E-state index is 7.88. The second kappa shape index (κ2) is 9.27. The first kappa shape index (κ1) is 19.8. The number of aromatic nitrogens is 3. The highest BCUT2D eigenvalue weighted by atomic mass is 32.1. The highest BCUT2D eigenvalue weighted by Gasteiger charge is 2.16. The molecule has 0 aliphatic carbocycles. The minimum atomic E-state index is 0.198. The summed E-state index contributed by atoms with van der Waals surface area (Å²) in [6, 6.07) is 5.94. The highest BCUT2D eigenvalue weighted by Crippen LogP contribution is 2.34. The third kappa shape index (κ3) is 4.64. The standard InChI is InChI=1S/C20H24N6OS/c1-4-27-20-14(6-5-7-23-20)15-10-16(24-12-18-22-8-9-28-18)19(25-13(2)3)17(11-21)26-15/h5-11,13,21,25H,4,12H2,1-3H3,(H,24,26). The van der Waals surface area contributed by atoms with Crippen molar-refractivity contribution in [1.82, 2.24) is 15.0 Å². The lowest BCUT2D eigenvalue weighted by atomic mass is 10.1. The van der Waals surface area contributed by atoms with Crippen LogP contribution in [0.4, 0.5) is 11.4 Å². The van der Waals surface area contributed by atoms with Crippen molar-refractivity contribution in [2.75, 3.05) is 17.2 Å². The van der Waals surface area contributed by atoms with Gasteiger partial charge in [-0.1, -0.05) is 0 Å². The Morgan fingerprint density at radius 1 is 1.29 bits per heavy atom. The quantitative estimate of drug-likeness (QED) is 0.463. The number of nitrogens with one attached hydrogen (secondary N) is 3. The van der Waals surface area contributed by atoms with Crippen LogP contribution in [-0.4, -0.2) is 33.8 Å². The lowest BCUT2D eigenvalue weighted by Gasteiger charge is -2.19. The van der Waals surface area contributed by atoms with Gasteiger partial charge >= 0.3 is 0 Å². The molecule has 0 spiro atoms. The molecule has 3 rings (SSSR count). The number of anilines is 2. The zero-order chi connectivity index (χ0) is 19.9. The van der Waals surface area contributed by atoms with Crippen LogP contribution >= 0.6 is 11.3 Å². The summed E-state index contributed by atoms with van der Waals surface area (Å²) in [7, 11) is 0. The van der Waals surface area contributed by atoms with Crippen molar-refractivity contribution in [3.05, 3.63) is 46.7 Å². The van der Waals surface area contributed by atoms with E-state index in [9.17, 15) is 0 Å². The maximum Gasteiger partial charge on any atom is 0.222 e. The molecule has 3 aromatic heterocycles. The molecule has 146 valence electrons. The molecule has 3 N–H and O–H groups in total. The summed E-state index contributed by atoms with van der Waals surface area (Å²) in [6.07, 6.45) is 4.75. The number of rotatable bonds is 9. The Kier molecular flexibility index (Phi) is 6.54. The van der Waals surface area contributed by atoms with Gasteiger partial charge in [0, 0.05) is 30.0 Å². The van der Waals surface area contributed by atoms with Gasteiger partial charge in [0.25, 0.3) is 0 Å². The molecule has 0 aromatic carbocycles. The molecular formula is C20H24N6OS. The molecule has 0 bridgehead atoms. The zero-order valence-corrected chi connectivity index (χ0v) is 17.0. The fraction of sp³-hybridized carbons (Fsp3) is 0.300. The normalized spacial score (nSPS) is 10.7. The molecule has 0 amide bonds. The Morgan fingerprint density at radius 3 is 2.82 bits per heavy atom. The molecule has 28 heavy (non-hydrogen) atoms. The molecule has 0 fully saturated rings. The monoisotopic (exact) mass is 396 g/mol. The number of hydrogen-bond acceptors (Lipinski definition) is 8. The minimum Gasteiger partial charge on any atom is -0.477 e. The lowest BCUT2D eigenvalue weighted by molar-refractivity contribution is 0.328. The SMILES string of the molecule is CCOc1ncccc1-c1cc(NCc2nccs2)c(NC(C)C)c(C=N)n1. The maximum absolute atomic E-state index is 7.88. The van der Waals surface area contributed by atoms with Crippen LogP contribution in [0.1, 0.15) is 31.5 Å². The van der Waals surface area contributed by atoms with Gasteiger partial charge in [-0.05, 0) is 39.0 Å². The van der Waals surface area contributed by atoms with Crippen LogP contribution < -0.4 is 15.4 Å². The van der Waals surface area contributed by atoms with Gasteiger partial charge < -0.3 is 20.8 Å². The molecule has 0 saturated carbocycles. The molecule has 7 nitrogen and oxygen atoms in total. The number of hydrogen-bond donors (Lipinski definition) is 3. The van der Waals surface area contributed by atoms with Crippen molar-refractivity contribution in [3.63, 3.8) is 0 Å².